The van der Waals surface area contributed by atoms with Gasteiger partial charge in [-0.25, -0.2) is 9.59 Å². The fraction of sp³-hybridized carbons (Fsp3) is 0.500. The summed E-state index contributed by atoms with van der Waals surface area (Å²) in [5, 5.41) is 7.49. The number of piperidine rings is 1. The van der Waals surface area contributed by atoms with Gasteiger partial charge < -0.3 is 35.7 Å². The van der Waals surface area contributed by atoms with Gasteiger partial charge in [-0.3, -0.25) is 15.4 Å². The van der Waals surface area contributed by atoms with Crippen molar-refractivity contribution < 1.29 is 28.7 Å². The van der Waals surface area contributed by atoms with Gasteiger partial charge in [-0.15, -0.1) is 0 Å². The number of rotatable bonds is 8. The van der Waals surface area contributed by atoms with E-state index in [2.05, 4.69) is 39.3 Å². The van der Waals surface area contributed by atoms with Crippen LogP contribution < -0.4 is 27.2 Å². The SMILES string of the molecule is C=C(NC(=O)/C(=C/NC1CCN(C(=O)OC(C)(C)C)CC1)NN)C(=O)NC(=C)C(=O)OC. The molecule has 1 aliphatic heterocycles. The zero-order valence-corrected chi connectivity index (χ0v) is 18.9. The average Bonchev–Trinajstić information content (AvgIpc) is 2.72. The number of ether oxygens (including phenoxy) is 2. The van der Waals surface area contributed by atoms with E-state index in [-0.39, 0.29) is 29.2 Å². The summed E-state index contributed by atoms with van der Waals surface area (Å²) in [5.74, 6) is 3.01. The van der Waals surface area contributed by atoms with E-state index in [0.717, 1.165) is 7.11 Å². The van der Waals surface area contributed by atoms with Crippen molar-refractivity contribution in [3.8, 4) is 0 Å². The fourth-order valence-electron chi connectivity index (χ4n) is 2.58. The molecule has 1 saturated heterocycles. The number of amides is 3. The van der Waals surface area contributed by atoms with Crippen molar-refractivity contribution in [1.29, 1.82) is 0 Å². The molecule has 178 valence electrons. The predicted molar refractivity (Wildman–Crippen MR) is 116 cm³/mol. The van der Waals surface area contributed by atoms with Crippen molar-refractivity contribution in [2.24, 2.45) is 5.84 Å². The van der Waals surface area contributed by atoms with E-state index in [0.29, 0.717) is 25.9 Å². The number of nitrogens with zero attached hydrogens (tertiary/aromatic N) is 1. The molecule has 0 saturated carbocycles. The van der Waals surface area contributed by atoms with Gasteiger partial charge in [-0.05, 0) is 33.6 Å². The van der Waals surface area contributed by atoms with Crippen LogP contribution in [-0.2, 0) is 23.9 Å². The molecule has 3 amide bonds. The van der Waals surface area contributed by atoms with Crippen LogP contribution in [0.5, 0.6) is 0 Å². The number of carbonyl (C=O) groups excluding carboxylic acids is 4. The Bertz CT molecular complexity index is 793. The number of methoxy groups -OCH3 is 1. The van der Waals surface area contributed by atoms with Crippen LogP contribution in [0.25, 0.3) is 0 Å². The van der Waals surface area contributed by atoms with Gasteiger partial charge in [0, 0.05) is 25.3 Å². The number of esters is 1. The normalized spacial score (nSPS) is 14.7. The van der Waals surface area contributed by atoms with E-state index in [4.69, 9.17) is 10.6 Å². The van der Waals surface area contributed by atoms with Crippen LogP contribution in [0, 0.1) is 0 Å². The van der Waals surface area contributed by atoms with Crippen LogP contribution in [0.1, 0.15) is 33.6 Å². The fourth-order valence-corrected chi connectivity index (χ4v) is 2.58. The highest BCUT2D eigenvalue weighted by Gasteiger charge is 2.26. The summed E-state index contributed by atoms with van der Waals surface area (Å²) in [4.78, 5) is 49.3. The Morgan fingerprint density at radius 2 is 1.59 bits per heavy atom. The van der Waals surface area contributed by atoms with Crippen LogP contribution in [0.3, 0.4) is 0 Å². The van der Waals surface area contributed by atoms with Crippen LogP contribution >= 0.6 is 0 Å². The Balaban J connectivity index is 2.55. The highest BCUT2D eigenvalue weighted by atomic mass is 16.6. The summed E-state index contributed by atoms with van der Waals surface area (Å²) in [6, 6.07) is -0.000262. The first-order chi connectivity index (χ1) is 14.9. The lowest BCUT2D eigenvalue weighted by molar-refractivity contribution is -0.137. The number of hydrazine groups is 1. The Morgan fingerprint density at radius 1 is 1.03 bits per heavy atom. The molecule has 32 heavy (non-hydrogen) atoms. The molecule has 0 aliphatic carbocycles. The average molecular weight is 453 g/mol. The molecular formula is C20H32N6O6. The van der Waals surface area contributed by atoms with Gasteiger partial charge >= 0.3 is 12.1 Å². The summed E-state index contributed by atoms with van der Waals surface area (Å²) in [6.45, 7) is 13.2. The van der Waals surface area contributed by atoms with Crippen molar-refractivity contribution in [3.05, 3.63) is 36.4 Å². The first kappa shape index (κ1) is 26.5. The van der Waals surface area contributed by atoms with Gasteiger partial charge in [0.2, 0.25) is 0 Å². The zero-order valence-electron chi connectivity index (χ0n) is 18.9. The lowest BCUT2D eigenvalue weighted by atomic mass is 10.1. The minimum Gasteiger partial charge on any atom is -0.464 e. The minimum absolute atomic E-state index is 0.000262. The largest absolute Gasteiger partial charge is 0.464 e. The number of likely N-dealkylation sites (tertiary alicyclic amines) is 1. The minimum atomic E-state index is -0.840. The van der Waals surface area contributed by atoms with E-state index < -0.39 is 23.4 Å². The van der Waals surface area contributed by atoms with Crippen LogP contribution in [-0.4, -0.2) is 60.6 Å². The van der Waals surface area contributed by atoms with E-state index in [1.165, 1.54) is 6.20 Å². The molecular weight excluding hydrogens is 420 g/mol. The molecule has 0 aromatic carbocycles. The maximum atomic E-state index is 12.3. The second kappa shape index (κ2) is 11.7. The van der Waals surface area contributed by atoms with Crippen LogP contribution in [0.2, 0.25) is 0 Å². The van der Waals surface area contributed by atoms with Gasteiger partial charge in [0.25, 0.3) is 11.8 Å². The van der Waals surface area contributed by atoms with Gasteiger partial charge in [0.1, 0.15) is 17.0 Å². The molecule has 0 spiro atoms. The molecule has 6 N–H and O–H groups in total. The molecule has 12 heteroatoms. The lowest BCUT2D eigenvalue weighted by Gasteiger charge is -2.33. The standard InChI is InChI=1S/C20H32N6O6/c1-12(16(27)24-13(2)18(29)31-6)23-17(28)15(25-21)11-22-14-7-9-26(10-8-14)19(30)32-20(3,4)5/h11,14,22,25H,1-2,7-10,21H2,3-6H3,(H,23,28)(H,24,27)/b15-11-. The van der Waals surface area contributed by atoms with Crippen molar-refractivity contribution in [2.45, 2.75) is 45.3 Å². The van der Waals surface area contributed by atoms with E-state index in [9.17, 15) is 19.2 Å². The zero-order chi connectivity index (χ0) is 24.5. The lowest BCUT2D eigenvalue weighted by Crippen LogP contribution is -2.46. The maximum absolute atomic E-state index is 12.3. The Morgan fingerprint density at radius 3 is 2.09 bits per heavy atom. The maximum Gasteiger partial charge on any atom is 0.410 e. The van der Waals surface area contributed by atoms with Crippen LogP contribution in [0.15, 0.2) is 36.4 Å². The molecule has 1 aliphatic rings. The number of carbonyl (C=O) groups is 4. The molecule has 1 heterocycles. The molecule has 1 rings (SSSR count). The summed E-state index contributed by atoms with van der Waals surface area (Å²) >= 11 is 0. The third kappa shape index (κ3) is 8.68. The predicted octanol–water partition coefficient (Wildman–Crippen LogP) is -0.287. The second-order valence-electron chi connectivity index (χ2n) is 7.97. The van der Waals surface area contributed by atoms with E-state index in [1.807, 2.05) is 20.8 Å². The number of hydrogen-bond acceptors (Lipinski definition) is 9. The molecule has 0 radical (unpaired) electrons. The first-order valence-electron chi connectivity index (χ1n) is 9.87. The molecule has 0 aromatic heterocycles. The molecule has 12 nitrogen and oxygen atoms in total. The monoisotopic (exact) mass is 452 g/mol. The highest BCUT2D eigenvalue weighted by molar-refractivity contribution is 6.04. The number of hydrogen-bond donors (Lipinski definition) is 5. The molecule has 0 atom stereocenters. The van der Waals surface area contributed by atoms with Gasteiger partial charge in [-0.1, -0.05) is 13.2 Å². The Labute approximate surface area is 187 Å². The summed E-state index contributed by atoms with van der Waals surface area (Å²) in [6.07, 6.45) is 2.30. The van der Waals surface area contributed by atoms with E-state index >= 15 is 0 Å². The topological polar surface area (TPSA) is 164 Å². The smallest absolute Gasteiger partial charge is 0.410 e. The second-order valence-corrected chi connectivity index (χ2v) is 7.97. The summed E-state index contributed by atoms with van der Waals surface area (Å²) < 4.78 is 9.78. The summed E-state index contributed by atoms with van der Waals surface area (Å²) in [5.41, 5.74) is 0.998. The van der Waals surface area contributed by atoms with Gasteiger partial charge in [0.05, 0.1) is 12.8 Å². The third-order valence-electron chi connectivity index (χ3n) is 4.24. The Hall–Kier alpha value is -3.54. The van der Waals surface area contributed by atoms with Crippen molar-refractivity contribution in [1.82, 2.24) is 26.3 Å². The third-order valence-corrected chi connectivity index (χ3v) is 4.24. The highest BCUT2D eigenvalue weighted by Crippen LogP contribution is 2.15. The van der Waals surface area contributed by atoms with Crippen LogP contribution in [0.4, 0.5) is 4.79 Å². The summed E-state index contributed by atoms with van der Waals surface area (Å²) in [7, 11) is 1.13. The first-order valence-corrected chi connectivity index (χ1v) is 9.87. The molecule has 0 unspecified atom stereocenters. The number of nitrogens with two attached hydrogens (primary N) is 1. The van der Waals surface area contributed by atoms with Crippen molar-refractivity contribution in [2.75, 3.05) is 20.2 Å². The van der Waals surface area contributed by atoms with Gasteiger partial charge in [-0.2, -0.15) is 0 Å². The Kier molecular flexibility index (Phi) is 9.72. The van der Waals surface area contributed by atoms with E-state index in [1.54, 1.807) is 4.90 Å². The number of nitrogens with one attached hydrogen (secondary N) is 4. The quantitative estimate of drug-likeness (QED) is 0.144. The molecule has 0 aromatic rings. The van der Waals surface area contributed by atoms with Crippen molar-refractivity contribution in [3.63, 3.8) is 0 Å². The van der Waals surface area contributed by atoms with Crippen molar-refractivity contribution >= 4 is 23.9 Å². The molecule has 1 fully saturated rings. The van der Waals surface area contributed by atoms with Gasteiger partial charge in [0.15, 0.2) is 0 Å². The molecule has 0 bridgehead atoms.